The molecule has 1 aliphatic heterocycles. The van der Waals surface area contributed by atoms with Crippen LogP contribution in [0.5, 0.6) is 0 Å². The Balaban J connectivity index is 2.58. The van der Waals surface area contributed by atoms with E-state index >= 15 is 0 Å². The van der Waals surface area contributed by atoms with Gasteiger partial charge in [-0.3, -0.25) is 0 Å². The summed E-state index contributed by atoms with van der Waals surface area (Å²) in [6.07, 6.45) is 2.77. The standard InChI is InChI=1S/C9H9N2O.3CH3.Sn/c1-11-5-3-7-6-10-4-2-8(7)9(11)12;;;;/h2,4H,3,5H2,1H3;3*1H3;. The van der Waals surface area contributed by atoms with Gasteiger partial charge in [-0.1, -0.05) is 0 Å². The molecule has 1 aromatic rings. The van der Waals surface area contributed by atoms with Crippen molar-refractivity contribution in [1.82, 2.24) is 9.88 Å². The molecule has 0 saturated heterocycles. The first-order chi connectivity index (χ1) is 7.41. The average molecular weight is 325 g/mol. The third-order valence-electron chi connectivity index (χ3n) is 3.04. The Labute approximate surface area is 101 Å². The predicted molar refractivity (Wildman–Crippen MR) is 67.9 cm³/mol. The number of likely N-dealkylation sites (N-methyl/N-ethyl adjacent to an activating group) is 1. The number of hydrogen-bond donors (Lipinski definition) is 0. The van der Waals surface area contributed by atoms with Crippen molar-refractivity contribution in [1.29, 1.82) is 0 Å². The SMILES string of the molecule is CN1CCc2c(ccn[c]2[Sn]([CH3])([CH3])[CH3])C1=O. The maximum atomic E-state index is 12.0. The quantitative estimate of drug-likeness (QED) is 0.729. The molecule has 0 saturated carbocycles. The summed E-state index contributed by atoms with van der Waals surface area (Å²) in [7, 11) is 1.87. The van der Waals surface area contributed by atoms with Gasteiger partial charge in [-0.25, -0.2) is 0 Å². The van der Waals surface area contributed by atoms with Gasteiger partial charge in [0, 0.05) is 0 Å². The first-order valence-electron chi connectivity index (χ1n) is 5.65. The summed E-state index contributed by atoms with van der Waals surface area (Å²) in [4.78, 5) is 25.4. The van der Waals surface area contributed by atoms with Gasteiger partial charge in [0.05, 0.1) is 0 Å². The molecule has 1 aliphatic rings. The van der Waals surface area contributed by atoms with Crippen molar-refractivity contribution in [2.45, 2.75) is 21.2 Å². The molecule has 0 aliphatic carbocycles. The molecule has 4 heteroatoms. The van der Waals surface area contributed by atoms with E-state index in [2.05, 4.69) is 19.8 Å². The van der Waals surface area contributed by atoms with Crippen LogP contribution in [0, 0.1) is 0 Å². The molecule has 0 unspecified atom stereocenters. The van der Waals surface area contributed by atoms with Gasteiger partial charge in [0.2, 0.25) is 0 Å². The molecule has 0 atom stereocenters. The molecule has 2 heterocycles. The normalized spacial score (nSPS) is 16.2. The van der Waals surface area contributed by atoms with Gasteiger partial charge in [0.25, 0.3) is 0 Å². The molecule has 1 amide bonds. The van der Waals surface area contributed by atoms with Gasteiger partial charge in [-0.2, -0.15) is 0 Å². The summed E-state index contributed by atoms with van der Waals surface area (Å²) < 4.78 is 1.27. The van der Waals surface area contributed by atoms with E-state index in [4.69, 9.17) is 0 Å². The Morgan fingerprint density at radius 3 is 2.69 bits per heavy atom. The van der Waals surface area contributed by atoms with Crippen molar-refractivity contribution in [2.24, 2.45) is 0 Å². The van der Waals surface area contributed by atoms with Crippen LogP contribution in [0.15, 0.2) is 12.3 Å². The van der Waals surface area contributed by atoms with Crippen molar-refractivity contribution in [3.63, 3.8) is 0 Å². The molecule has 0 bridgehead atoms. The Hall–Kier alpha value is -0.581. The molecule has 0 N–H and O–H groups in total. The minimum atomic E-state index is -2.19. The Morgan fingerprint density at radius 2 is 2.06 bits per heavy atom. The van der Waals surface area contributed by atoms with E-state index in [1.54, 1.807) is 11.1 Å². The van der Waals surface area contributed by atoms with Crippen LogP contribution < -0.4 is 3.71 Å². The van der Waals surface area contributed by atoms with Crippen molar-refractivity contribution < 1.29 is 4.79 Å². The van der Waals surface area contributed by atoms with Crippen molar-refractivity contribution >= 4 is 28.0 Å². The summed E-state index contributed by atoms with van der Waals surface area (Å²) in [5, 5.41) is 0. The van der Waals surface area contributed by atoms with Crippen LogP contribution in [0.4, 0.5) is 0 Å². The van der Waals surface area contributed by atoms with Crippen LogP contribution in [0.2, 0.25) is 14.8 Å². The predicted octanol–water partition coefficient (Wildman–Crippen LogP) is 1.25. The van der Waals surface area contributed by atoms with Crippen LogP contribution in [-0.4, -0.2) is 47.8 Å². The first-order valence-corrected chi connectivity index (χ1v) is 15.6. The fourth-order valence-electron chi connectivity index (χ4n) is 2.18. The molecule has 1 aromatic heterocycles. The van der Waals surface area contributed by atoms with E-state index in [-0.39, 0.29) is 5.91 Å². The number of amides is 1. The Bertz CT molecular complexity index is 437. The molecule has 0 aromatic carbocycles. The first kappa shape index (κ1) is 11.9. The summed E-state index contributed by atoms with van der Waals surface area (Å²) in [5.74, 6) is 0.153. The number of pyridine rings is 1. The summed E-state index contributed by atoms with van der Waals surface area (Å²) in [6.45, 7) is 0.826. The molecular formula is C12H18N2OSn. The Kier molecular flexibility index (Phi) is 2.99. The Morgan fingerprint density at radius 1 is 1.38 bits per heavy atom. The molecule has 2 rings (SSSR count). The van der Waals surface area contributed by atoms with Gasteiger partial charge < -0.3 is 0 Å². The number of rotatable bonds is 1. The van der Waals surface area contributed by atoms with E-state index in [0.29, 0.717) is 0 Å². The van der Waals surface area contributed by atoms with Gasteiger partial charge in [-0.15, -0.1) is 0 Å². The zero-order chi connectivity index (χ0) is 11.9. The number of fused-ring (bicyclic) bond motifs is 1. The van der Waals surface area contributed by atoms with Crippen LogP contribution in [0.1, 0.15) is 15.9 Å². The second-order valence-electron chi connectivity index (χ2n) is 5.41. The number of nitrogens with zero attached hydrogens (tertiary/aromatic N) is 2. The topological polar surface area (TPSA) is 33.2 Å². The number of aromatic nitrogens is 1. The van der Waals surface area contributed by atoms with Crippen LogP contribution in [-0.2, 0) is 6.42 Å². The van der Waals surface area contributed by atoms with Crippen molar-refractivity contribution in [3.8, 4) is 0 Å². The van der Waals surface area contributed by atoms with Crippen LogP contribution in [0.3, 0.4) is 0 Å². The second-order valence-corrected chi connectivity index (χ2v) is 19.6. The van der Waals surface area contributed by atoms with Gasteiger partial charge >= 0.3 is 101 Å². The number of carbonyl (C=O) groups excluding carboxylic acids is 1. The number of hydrogen-bond acceptors (Lipinski definition) is 2. The second kappa shape index (κ2) is 4.02. The van der Waals surface area contributed by atoms with Crippen molar-refractivity contribution in [2.75, 3.05) is 13.6 Å². The average Bonchev–Trinajstić information content (AvgIpc) is 2.21. The summed E-state index contributed by atoms with van der Waals surface area (Å²) in [6, 6.07) is 1.87. The zero-order valence-electron chi connectivity index (χ0n) is 10.4. The fourth-order valence-corrected chi connectivity index (χ4v) is 6.82. The molecule has 0 spiro atoms. The van der Waals surface area contributed by atoms with E-state index in [1.165, 1.54) is 9.27 Å². The van der Waals surface area contributed by atoms with Gasteiger partial charge in [0.1, 0.15) is 0 Å². The maximum absolute atomic E-state index is 12.0. The molecule has 86 valence electrons. The van der Waals surface area contributed by atoms with Crippen LogP contribution >= 0.6 is 0 Å². The third-order valence-corrected chi connectivity index (χ3v) is 8.33. The monoisotopic (exact) mass is 326 g/mol. The zero-order valence-corrected chi connectivity index (χ0v) is 13.2. The third kappa shape index (κ3) is 1.97. The fraction of sp³-hybridized carbons (Fsp3) is 0.500. The summed E-state index contributed by atoms with van der Waals surface area (Å²) in [5.41, 5.74) is 2.11. The molecule has 0 radical (unpaired) electrons. The van der Waals surface area contributed by atoms with Gasteiger partial charge in [0.15, 0.2) is 0 Å². The molecular weight excluding hydrogens is 307 g/mol. The van der Waals surface area contributed by atoms with Gasteiger partial charge in [-0.05, 0) is 0 Å². The molecule has 16 heavy (non-hydrogen) atoms. The summed E-state index contributed by atoms with van der Waals surface area (Å²) >= 11 is -2.19. The minimum absolute atomic E-state index is 0.153. The molecule has 0 fully saturated rings. The van der Waals surface area contributed by atoms with E-state index in [9.17, 15) is 4.79 Å². The van der Waals surface area contributed by atoms with E-state index < -0.39 is 18.4 Å². The molecule has 3 nitrogen and oxygen atoms in total. The number of carbonyl (C=O) groups is 1. The van der Waals surface area contributed by atoms with Crippen molar-refractivity contribution in [3.05, 3.63) is 23.4 Å². The van der Waals surface area contributed by atoms with Crippen LogP contribution in [0.25, 0.3) is 0 Å². The van der Waals surface area contributed by atoms with E-state index in [1.807, 2.05) is 13.1 Å². The van der Waals surface area contributed by atoms with E-state index in [0.717, 1.165) is 18.5 Å².